The van der Waals surface area contributed by atoms with E-state index in [1.54, 1.807) is 13.2 Å². The summed E-state index contributed by atoms with van der Waals surface area (Å²) in [6.07, 6.45) is 4.22. The summed E-state index contributed by atoms with van der Waals surface area (Å²) in [7, 11) is 1.60. The van der Waals surface area contributed by atoms with Crippen molar-refractivity contribution in [3.05, 3.63) is 89.2 Å². The van der Waals surface area contributed by atoms with E-state index in [2.05, 4.69) is 36.4 Å². The van der Waals surface area contributed by atoms with Crippen LogP contribution in [0.5, 0.6) is 5.75 Å². The summed E-state index contributed by atoms with van der Waals surface area (Å²) in [5, 5.41) is 5.44. The number of nitrogens with one attached hydrogen (secondary N) is 2. The number of pyridine rings is 1. The molecule has 0 fully saturated rings. The zero-order chi connectivity index (χ0) is 38.9. The van der Waals surface area contributed by atoms with Crippen molar-refractivity contribution in [3.8, 4) is 5.75 Å². The van der Waals surface area contributed by atoms with E-state index >= 15 is 0 Å². The van der Waals surface area contributed by atoms with Gasteiger partial charge in [-0.15, -0.1) is 0 Å². The van der Waals surface area contributed by atoms with Crippen molar-refractivity contribution in [2.75, 3.05) is 18.9 Å². The van der Waals surface area contributed by atoms with Gasteiger partial charge in [0.25, 0.3) is 0 Å². The highest BCUT2D eigenvalue weighted by Gasteiger charge is 2.19. The van der Waals surface area contributed by atoms with Gasteiger partial charge in [0, 0.05) is 43.3 Å². The molecule has 0 spiro atoms. The Labute approximate surface area is 303 Å². The second-order valence-corrected chi connectivity index (χ2v) is 12.7. The zero-order valence-corrected chi connectivity index (χ0v) is 33.6. The van der Waals surface area contributed by atoms with Gasteiger partial charge in [-0.1, -0.05) is 77.4 Å². The molecule has 3 amide bonds. The minimum atomic E-state index is -0.594. The Morgan fingerprint density at radius 1 is 0.880 bits per heavy atom. The lowest BCUT2D eigenvalue weighted by Crippen LogP contribution is -2.38. The van der Waals surface area contributed by atoms with Gasteiger partial charge >= 0.3 is 17.9 Å². The molecule has 0 bridgehead atoms. The lowest BCUT2D eigenvalue weighted by atomic mass is 10.1. The lowest BCUT2D eigenvalue weighted by Gasteiger charge is -2.22. The Morgan fingerprint density at radius 3 is 1.96 bits per heavy atom. The molecule has 9 heteroatoms. The summed E-state index contributed by atoms with van der Waals surface area (Å²) >= 11 is 0. The molecule has 0 aliphatic rings. The number of carbonyl (C=O) groups excluding carboxylic acids is 3. The van der Waals surface area contributed by atoms with E-state index in [-0.39, 0.29) is 12.1 Å². The number of aryl methyl sites for hydroxylation is 3. The van der Waals surface area contributed by atoms with Crippen LogP contribution in [0.2, 0.25) is 0 Å². The first-order chi connectivity index (χ1) is 23.5. The molecule has 1 heterocycles. The maximum absolute atomic E-state index is 11.7. The molecular formula is C41H66N4O5. The van der Waals surface area contributed by atoms with Gasteiger partial charge in [0.15, 0.2) is 0 Å². The van der Waals surface area contributed by atoms with Crippen molar-refractivity contribution in [1.29, 1.82) is 0 Å². The van der Waals surface area contributed by atoms with Crippen molar-refractivity contribution in [1.82, 2.24) is 15.2 Å². The van der Waals surface area contributed by atoms with Crippen LogP contribution in [0.4, 0.5) is 10.5 Å². The Balaban J connectivity index is 0. The SMILES string of the molecule is CC.CC.CC(C)CC(C)NC(=O)OC(C)(C)C.CCN(C)C(=O)C(=O)Nc1cc(C)ccc1C.Cc1ccc(OCc2cccnc2)cc1. The number of hydrogen-bond acceptors (Lipinski definition) is 6. The smallest absolute Gasteiger partial charge is 0.407 e. The van der Waals surface area contributed by atoms with Gasteiger partial charge in [-0.25, -0.2) is 4.79 Å². The third-order valence-corrected chi connectivity index (χ3v) is 6.39. The molecule has 0 saturated carbocycles. The highest BCUT2D eigenvalue weighted by Crippen LogP contribution is 2.16. The van der Waals surface area contributed by atoms with Crippen LogP contribution in [0.15, 0.2) is 67.0 Å². The van der Waals surface area contributed by atoms with Gasteiger partial charge in [-0.3, -0.25) is 14.6 Å². The van der Waals surface area contributed by atoms with Crippen LogP contribution in [0, 0.1) is 26.7 Å². The molecule has 2 N–H and O–H groups in total. The fraction of sp³-hybridized carbons (Fsp3) is 0.512. The number of likely N-dealkylation sites (N-methyl/N-ethyl adjacent to an activating group) is 1. The van der Waals surface area contributed by atoms with E-state index in [1.165, 1.54) is 10.5 Å². The molecule has 3 aromatic rings. The van der Waals surface area contributed by atoms with Crippen molar-refractivity contribution in [3.63, 3.8) is 0 Å². The van der Waals surface area contributed by atoms with Gasteiger partial charge in [0.2, 0.25) is 0 Å². The third kappa shape index (κ3) is 23.0. The number of benzene rings is 2. The molecule has 50 heavy (non-hydrogen) atoms. The first kappa shape index (κ1) is 47.7. The van der Waals surface area contributed by atoms with Gasteiger partial charge in [-0.05, 0) is 103 Å². The Bertz CT molecular complexity index is 1350. The first-order valence-corrected chi connectivity index (χ1v) is 17.7. The Kier molecular flexibility index (Phi) is 25.3. The van der Waals surface area contributed by atoms with Gasteiger partial charge in [0.1, 0.15) is 18.0 Å². The van der Waals surface area contributed by atoms with E-state index in [4.69, 9.17) is 9.47 Å². The molecule has 0 saturated heterocycles. The summed E-state index contributed by atoms with van der Waals surface area (Å²) in [4.78, 5) is 40.0. The third-order valence-electron chi connectivity index (χ3n) is 6.39. The minimum absolute atomic E-state index is 0.171. The first-order valence-electron chi connectivity index (χ1n) is 17.7. The summed E-state index contributed by atoms with van der Waals surface area (Å²) in [6, 6.07) is 17.9. The highest BCUT2D eigenvalue weighted by molar-refractivity contribution is 6.39. The molecule has 0 aliphatic carbocycles. The molecule has 1 unspecified atom stereocenters. The molecule has 280 valence electrons. The number of anilines is 1. The molecule has 0 radical (unpaired) electrons. The van der Waals surface area contributed by atoms with Gasteiger partial charge in [0.05, 0.1) is 0 Å². The average molecular weight is 695 g/mol. The predicted octanol–water partition coefficient (Wildman–Crippen LogP) is 9.69. The van der Waals surface area contributed by atoms with E-state index in [9.17, 15) is 14.4 Å². The van der Waals surface area contributed by atoms with Crippen LogP contribution >= 0.6 is 0 Å². The standard InChI is InChI=1S/C13H18N2O2.C13H13NO.C11H23NO2.2C2H6/c1-5-15(4)13(17)12(16)14-11-8-9(2)6-7-10(11)3;1-11-4-6-13(7-5-11)15-10-12-3-2-8-14-9-12;1-8(2)7-9(3)12-10(13)14-11(4,5)6;2*1-2/h6-8H,5H2,1-4H3,(H,14,16);2-9H,10H2,1H3;8-9H,7H2,1-6H3,(H,12,13);2*1-2H3. The van der Waals surface area contributed by atoms with Gasteiger partial charge in [-0.2, -0.15) is 0 Å². The van der Waals surface area contributed by atoms with E-state index < -0.39 is 17.4 Å². The van der Waals surface area contributed by atoms with Crippen LogP contribution < -0.4 is 15.4 Å². The molecule has 3 rings (SSSR count). The van der Waals surface area contributed by atoms with Crippen LogP contribution in [0.25, 0.3) is 0 Å². The summed E-state index contributed by atoms with van der Waals surface area (Å²) < 4.78 is 10.7. The molecule has 2 aromatic carbocycles. The fourth-order valence-corrected chi connectivity index (χ4v) is 3.92. The normalized spacial score (nSPS) is 10.5. The number of nitrogens with zero attached hydrogens (tertiary/aromatic N) is 2. The largest absolute Gasteiger partial charge is 0.489 e. The number of hydrogen-bond donors (Lipinski definition) is 2. The van der Waals surface area contributed by atoms with Crippen LogP contribution in [0.3, 0.4) is 0 Å². The van der Waals surface area contributed by atoms with Crippen molar-refractivity contribution >= 4 is 23.6 Å². The maximum Gasteiger partial charge on any atom is 0.407 e. The monoisotopic (exact) mass is 695 g/mol. The molecule has 1 aromatic heterocycles. The maximum atomic E-state index is 11.7. The summed E-state index contributed by atoms with van der Waals surface area (Å²) in [5.74, 6) is 0.362. The van der Waals surface area contributed by atoms with E-state index in [0.29, 0.717) is 24.8 Å². The van der Waals surface area contributed by atoms with Crippen molar-refractivity contribution in [2.24, 2.45) is 5.92 Å². The second-order valence-electron chi connectivity index (χ2n) is 12.7. The van der Waals surface area contributed by atoms with E-state index in [1.807, 2.05) is 137 Å². The topological polar surface area (TPSA) is 110 Å². The number of amides is 3. The van der Waals surface area contributed by atoms with Crippen molar-refractivity contribution < 1.29 is 23.9 Å². The van der Waals surface area contributed by atoms with Crippen LogP contribution in [0.1, 0.15) is 105 Å². The molecular weight excluding hydrogens is 628 g/mol. The minimum Gasteiger partial charge on any atom is -0.489 e. The Morgan fingerprint density at radius 2 is 1.46 bits per heavy atom. The summed E-state index contributed by atoms with van der Waals surface area (Å²) in [5.41, 5.74) is 4.58. The number of alkyl carbamates (subject to hydrolysis) is 1. The van der Waals surface area contributed by atoms with Crippen LogP contribution in [-0.4, -0.2) is 53.0 Å². The molecule has 9 nitrogen and oxygen atoms in total. The highest BCUT2D eigenvalue weighted by atomic mass is 16.6. The number of ether oxygens (including phenoxy) is 2. The number of rotatable bonds is 8. The quantitative estimate of drug-likeness (QED) is 0.227. The second kappa shape index (κ2) is 26.5. The fourth-order valence-electron chi connectivity index (χ4n) is 3.92. The number of carbonyl (C=O) groups is 3. The zero-order valence-electron chi connectivity index (χ0n) is 33.6. The Hall–Kier alpha value is -4.40. The van der Waals surface area contributed by atoms with Gasteiger partial charge < -0.3 is 25.0 Å². The van der Waals surface area contributed by atoms with Crippen molar-refractivity contribution in [2.45, 2.75) is 122 Å². The lowest BCUT2D eigenvalue weighted by molar-refractivity contribution is -0.142. The van der Waals surface area contributed by atoms with E-state index in [0.717, 1.165) is 28.9 Å². The molecule has 1 atom stereocenters. The summed E-state index contributed by atoms with van der Waals surface area (Å²) in [6.45, 7) is 28.6. The number of aromatic nitrogens is 1. The van der Waals surface area contributed by atoms with Crippen LogP contribution in [-0.2, 0) is 20.9 Å². The predicted molar refractivity (Wildman–Crippen MR) is 209 cm³/mol. The average Bonchev–Trinajstić information content (AvgIpc) is 3.07. The molecule has 0 aliphatic heterocycles.